The molecule has 1 aliphatic rings. The number of para-hydroxylation sites is 2. The molecule has 7 nitrogen and oxygen atoms in total. The summed E-state index contributed by atoms with van der Waals surface area (Å²) in [5.74, 6) is 1.27. The van der Waals surface area contributed by atoms with Crippen LogP contribution in [0.1, 0.15) is 5.56 Å². The molecule has 1 N–H and O–H groups in total. The van der Waals surface area contributed by atoms with Crippen molar-refractivity contribution in [1.82, 2.24) is 9.88 Å². The number of carbonyl (C=O) groups is 2. The molecule has 6 rings (SSSR count). The maximum atomic E-state index is 13.8. The number of nitrogens with zero attached hydrogens (tertiary/aromatic N) is 2. The highest BCUT2D eigenvalue weighted by atomic mass is 79.9. The van der Waals surface area contributed by atoms with Crippen molar-refractivity contribution in [2.45, 2.75) is 0 Å². The van der Waals surface area contributed by atoms with Crippen LogP contribution in [0.2, 0.25) is 0 Å². The molecule has 202 valence electrons. The number of hydrogen-bond acceptors (Lipinski definition) is 5. The van der Waals surface area contributed by atoms with Gasteiger partial charge in [0.1, 0.15) is 22.8 Å². The second-order valence-electron chi connectivity index (χ2n) is 9.22. The van der Waals surface area contributed by atoms with E-state index in [1.807, 2.05) is 90.5 Å². The van der Waals surface area contributed by atoms with Crippen LogP contribution in [0.3, 0.4) is 0 Å². The Morgan fingerprint density at radius 3 is 2.12 bits per heavy atom. The Labute approximate surface area is 249 Å². The summed E-state index contributed by atoms with van der Waals surface area (Å²) in [5.41, 5.74) is 1.91. The fourth-order valence-electron chi connectivity index (χ4n) is 4.60. The molecule has 9 heteroatoms. The molecule has 41 heavy (non-hydrogen) atoms. The smallest absolute Gasteiger partial charge is 0.270 e. The second-order valence-corrected chi connectivity index (χ2v) is 10.5. The number of halogens is 1. The van der Waals surface area contributed by atoms with Gasteiger partial charge in [0, 0.05) is 22.5 Å². The van der Waals surface area contributed by atoms with Gasteiger partial charge in [-0.3, -0.25) is 19.8 Å². The first-order valence-electron chi connectivity index (χ1n) is 12.6. The quantitative estimate of drug-likeness (QED) is 0.122. The van der Waals surface area contributed by atoms with Crippen molar-refractivity contribution in [2.75, 3.05) is 4.90 Å². The zero-order valence-corrected chi connectivity index (χ0v) is 24.1. The predicted octanol–water partition coefficient (Wildman–Crippen LogP) is 7.36. The first-order valence-corrected chi connectivity index (χ1v) is 13.8. The number of benzene rings is 4. The molecule has 2 heterocycles. The van der Waals surface area contributed by atoms with Crippen LogP contribution in [0.4, 0.5) is 5.69 Å². The lowest BCUT2D eigenvalue weighted by Gasteiger charge is -2.29. The van der Waals surface area contributed by atoms with Crippen molar-refractivity contribution >= 4 is 67.7 Å². The molecule has 4 aromatic carbocycles. The molecule has 2 amide bonds. The number of ether oxygens (including phenoxy) is 2. The van der Waals surface area contributed by atoms with Crippen molar-refractivity contribution in [1.29, 1.82) is 0 Å². The van der Waals surface area contributed by atoms with E-state index in [1.54, 1.807) is 30.3 Å². The van der Waals surface area contributed by atoms with Gasteiger partial charge in [0.2, 0.25) is 5.88 Å². The molecule has 0 spiro atoms. The minimum atomic E-state index is -0.581. The summed E-state index contributed by atoms with van der Waals surface area (Å²) in [6, 6.07) is 31.4. The van der Waals surface area contributed by atoms with Crippen molar-refractivity contribution in [2.24, 2.45) is 7.05 Å². The average Bonchev–Trinajstić information content (AvgIpc) is 3.24. The van der Waals surface area contributed by atoms with E-state index < -0.39 is 11.8 Å². The molecule has 0 unspecified atom stereocenters. The highest BCUT2D eigenvalue weighted by Gasteiger charge is 2.35. The third-order valence-electron chi connectivity index (χ3n) is 6.58. The summed E-state index contributed by atoms with van der Waals surface area (Å²) < 4.78 is 15.0. The van der Waals surface area contributed by atoms with Crippen LogP contribution in [-0.2, 0) is 16.6 Å². The number of amides is 2. The van der Waals surface area contributed by atoms with Gasteiger partial charge in [0.05, 0.1) is 11.2 Å². The largest absolute Gasteiger partial charge is 0.457 e. The number of aryl methyl sites for hydroxylation is 1. The summed E-state index contributed by atoms with van der Waals surface area (Å²) >= 11 is 8.85. The molecule has 1 fully saturated rings. The zero-order valence-electron chi connectivity index (χ0n) is 21.7. The lowest BCUT2D eigenvalue weighted by Crippen LogP contribution is -2.54. The number of rotatable bonds is 6. The molecule has 0 atom stereocenters. The van der Waals surface area contributed by atoms with Gasteiger partial charge in [-0.05, 0) is 85.0 Å². The monoisotopic (exact) mass is 623 g/mol. The Balaban J connectivity index is 1.37. The second kappa shape index (κ2) is 11.0. The van der Waals surface area contributed by atoms with Gasteiger partial charge in [-0.1, -0.05) is 52.3 Å². The maximum Gasteiger partial charge on any atom is 0.270 e. The van der Waals surface area contributed by atoms with Crippen LogP contribution in [-0.4, -0.2) is 21.5 Å². The van der Waals surface area contributed by atoms with Crippen molar-refractivity contribution in [3.8, 4) is 23.1 Å². The van der Waals surface area contributed by atoms with Crippen molar-refractivity contribution in [3.63, 3.8) is 0 Å². The number of nitrogens with one attached hydrogen (secondary N) is 1. The van der Waals surface area contributed by atoms with E-state index in [-0.39, 0.29) is 10.7 Å². The van der Waals surface area contributed by atoms with Crippen LogP contribution in [0, 0.1) is 0 Å². The first kappa shape index (κ1) is 26.5. The topological polar surface area (TPSA) is 72.8 Å². The average molecular weight is 625 g/mol. The van der Waals surface area contributed by atoms with E-state index >= 15 is 0 Å². The fourth-order valence-corrected chi connectivity index (χ4v) is 5.15. The zero-order chi connectivity index (χ0) is 28.5. The van der Waals surface area contributed by atoms with Crippen molar-refractivity contribution < 1.29 is 19.1 Å². The number of hydrogen-bond donors (Lipinski definition) is 1. The van der Waals surface area contributed by atoms with Crippen LogP contribution in [0.5, 0.6) is 23.1 Å². The Morgan fingerprint density at radius 1 is 0.780 bits per heavy atom. The summed E-state index contributed by atoms with van der Waals surface area (Å²) in [6.07, 6.45) is 1.57. The summed E-state index contributed by atoms with van der Waals surface area (Å²) in [5, 5.41) is 3.49. The van der Waals surface area contributed by atoms with E-state index in [0.29, 0.717) is 34.4 Å². The molecule has 0 bridgehead atoms. The van der Waals surface area contributed by atoms with E-state index in [2.05, 4.69) is 21.2 Å². The highest BCUT2D eigenvalue weighted by Crippen LogP contribution is 2.37. The maximum absolute atomic E-state index is 13.8. The van der Waals surface area contributed by atoms with Gasteiger partial charge in [-0.2, -0.15) is 0 Å². The lowest BCUT2D eigenvalue weighted by molar-refractivity contribution is -0.122. The van der Waals surface area contributed by atoms with Crippen LogP contribution < -0.4 is 19.7 Å². The number of anilines is 1. The Kier molecular flexibility index (Phi) is 7.13. The van der Waals surface area contributed by atoms with E-state index in [1.165, 1.54) is 4.90 Å². The van der Waals surface area contributed by atoms with Gasteiger partial charge in [-0.25, -0.2) is 0 Å². The molecule has 1 saturated heterocycles. The van der Waals surface area contributed by atoms with Crippen molar-refractivity contribution in [3.05, 3.63) is 119 Å². The number of thiocarbonyl (C=S) groups is 1. The molecule has 1 aromatic heterocycles. The molecule has 5 aromatic rings. The number of carbonyl (C=O) groups excluding carboxylic acids is 2. The van der Waals surface area contributed by atoms with Crippen LogP contribution in [0.15, 0.2) is 113 Å². The third kappa shape index (κ3) is 5.25. The van der Waals surface area contributed by atoms with E-state index in [4.69, 9.17) is 21.7 Å². The summed E-state index contributed by atoms with van der Waals surface area (Å²) in [4.78, 5) is 28.2. The van der Waals surface area contributed by atoms with Gasteiger partial charge >= 0.3 is 0 Å². The van der Waals surface area contributed by atoms with Gasteiger partial charge in [0.25, 0.3) is 11.8 Å². The summed E-state index contributed by atoms with van der Waals surface area (Å²) in [7, 11) is 1.88. The van der Waals surface area contributed by atoms with Gasteiger partial charge in [0.15, 0.2) is 5.11 Å². The minimum Gasteiger partial charge on any atom is -0.457 e. The predicted molar refractivity (Wildman–Crippen MR) is 166 cm³/mol. The molecule has 0 aliphatic carbocycles. The Hall–Kier alpha value is -4.73. The molecular formula is C32H22BrN3O4S. The van der Waals surface area contributed by atoms with E-state index in [0.717, 1.165) is 15.4 Å². The number of aromatic nitrogens is 1. The van der Waals surface area contributed by atoms with Crippen LogP contribution in [0.25, 0.3) is 17.0 Å². The normalized spacial score (nSPS) is 14.4. The van der Waals surface area contributed by atoms with Gasteiger partial charge < -0.3 is 14.0 Å². The fraction of sp³-hybridized carbons (Fsp3) is 0.0312. The first-order chi connectivity index (χ1) is 19.9. The van der Waals surface area contributed by atoms with E-state index in [9.17, 15) is 9.59 Å². The third-order valence-corrected chi connectivity index (χ3v) is 7.40. The lowest BCUT2D eigenvalue weighted by atomic mass is 10.1. The summed E-state index contributed by atoms with van der Waals surface area (Å²) in [6.45, 7) is 0. The Morgan fingerprint density at radius 2 is 1.39 bits per heavy atom. The highest BCUT2D eigenvalue weighted by molar-refractivity contribution is 9.10. The molecule has 0 saturated carbocycles. The SMILES string of the molecule is Cn1c(Oc2ccc(Br)cc2)c(C=C2C(=O)NC(=S)N(c3ccc(Oc4ccccc4)cc3)C2=O)c2ccccc21. The minimum absolute atomic E-state index is 0.00173. The van der Waals surface area contributed by atoms with Gasteiger partial charge in [-0.15, -0.1) is 0 Å². The molecular weight excluding hydrogens is 602 g/mol. The van der Waals surface area contributed by atoms with Crippen LogP contribution >= 0.6 is 28.1 Å². The standard InChI is InChI=1S/C32H22BrN3O4S/c1-35-28-10-6-5-9-25(28)26(31(35)40-24-15-11-20(33)12-16-24)19-27-29(37)34-32(41)36(30(27)38)21-13-17-23(18-14-21)39-22-7-3-2-4-8-22/h2-19H,1H3,(H,34,37,41). The molecule has 0 radical (unpaired) electrons. The molecule has 1 aliphatic heterocycles. The Bertz CT molecular complexity index is 1830. The number of fused-ring (bicyclic) bond motifs is 1.